The minimum absolute atomic E-state index is 0.0197. The first-order valence-corrected chi connectivity index (χ1v) is 15.9. The van der Waals surface area contributed by atoms with E-state index in [2.05, 4.69) is 20.4 Å². The Bertz CT molecular complexity index is 988. The van der Waals surface area contributed by atoms with Crippen LogP contribution in [-0.2, 0) is 18.9 Å². The maximum Gasteiger partial charge on any atom is 0.187 e. The van der Waals surface area contributed by atoms with Gasteiger partial charge in [-0.2, -0.15) is 0 Å². The van der Waals surface area contributed by atoms with E-state index >= 15 is 0 Å². The molecule has 2 aliphatic heterocycles. The van der Waals surface area contributed by atoms with Crippen LogP contribution in [0.3, 0.4) is 0 Å². The van der Waals surface area contributed by atoms with Gasteiger partial charge in [0.1, 0.15) is 48.8 Å². The van der Waals surface area contributed by atoms with Crippen molar-refractivity contribution in [1.82, 2.24) is 0 Å². The third kappa shape index (κ3) is 7.27. The summed E-state index contributed by atoms with van der Waals surface area (Å²) in [5, 5.41) is 79.9. The van der Waals surface area contributed by atoms with Gasteiger partial charge in [-0.15, -0.1) is 0 Å². The van der Waals surface area contributed by atoms with Crippen molar-refractivity contribution >= 4 is 0 Å². The fraction of sp³-hybridized carbons (Fsp3) is 0.875. The van der Waals surface area contributed by atoms with Crippen LogP contribution in [0, 0.1) is 22.7 Å². The summed E-state index contributed by atoms with van der Waals surface area (Å²) < 4.78 is 22.8. The number of allylic oxidation sites excluding steroid dienone is 2. The smallest absolute Gasteiger partial charge is 0.187 e. The molecule has 4 rings (SSSR count). The first-order chi connectivity index (χ1) is 20.8. The quantitative estimate of drug-likeness (QED) is 0.144. The van der Waals surface area contributed by atoms with E-state index in [9.17, 15) is 40.9 Å². The molecule has 44 heavy (non-hydrogen) atoms. The molecule has 254 valence electrons. The molecule has 0 aromatic carbocycles. The molecule has 14 atom stereocenters. The molecule has 0 bridgehead atoms. The zero-order valence-electron chi connectivity index (χ0n) is 26.2. The van der Waals surface area contributed by atoms with E-state index in [1.54, 1.807) is 0 Å². The normalized spacial score (nSPS) is 47.0. The summed E-state index contributed by atoms with van der Waals surface area (Å²) >= 11 is 0. The minimum Gasteiger partial charge on any atom is -0.394 e. The average Bonchev–Trinajstić information content (AvgIpc) is 2.99. The Hall–Kier alpha value is -1.00. The van der Waals surface area contributed by atoms with E-state index in [0.717, 1.165) is 50.5 Å². The molecule has 2 saturated carbocycles. The summed E-state index contributed by atoms with van der Waals surface area (Å²) in [5.74, 6) is 0.603. The number of hydrogen-bond donors (Lipinski definition) is 8. The molecule has 0 radical (unpaired) electrons. The van der Waals surface area contributed by atoms with Crippen molar-refractivity contribution in [1.29, 1.82) is 0 Å². The molecular formula is C32H54O12. The molecule has 0 aromatic heterocycles. The van der Waals surface area contributed by atoms with Gasteiger partial charge in [0.2, 0.25) is 0 Å². The number of hydrogen-bond acceptors (Lipinski definition) is 12. The van der Waals surface area contributed by atoms with Gasteiger partial charge in [-0.3, -0.25) is 0 Å². The maximum atomic E-state index is 10.5. The lowest BCUT2D eigenvalue weighted by Gasteiger charge is -2.59. The fourth-order valence-corrected chi connectivity index (χ4v) is 8.23. The van der Waals surface area contributed by atoms with Crippen LogP contribution in [0.5, 0.6) is 0 Å². The zero-order chi connectivity index (χ0) is 32.4. The van der Waals surface area contributed by atoms with E-state index in [-0.39, 0.29) is 23.4 Å². The monoisotopic (exact) mass is 630 g/mol. The summed E-state index contributed by atoms with van der Waals surface area (Å²) in [6.07, 6.45) is -4.51. The van der Waals surface area contributed by atoms with Crippen LogP contribution >= 0.6 is 0 Å². The first kappa shape index (κ1) is 35.8. The van der Waals surface area contributed by atoms with Gasteiger partial charge < -0.3 is 59.8 Å². The lowest BCUT2D eigenvalue weighted by Crippen LogP contribution is -2.60. The van der Waals surface area contributed by atoms with E-state index in [1.165, 1.54) is 5.57 Å². The van der Waals surface area contributed by atoms with Crippen molar-refractivity contribution in [2.75, 3.05) is 26.4 Å². The molecule has 2 heterocycles. The van der Waals surface area contributed by atoms with Crippen LogP contribution in [0.15, 0.2) is 23.8 Å². The van der Waals surface area contributed by atoms with Gasteiger partial charge in [-0.25, -0.2) is 0 Å². The van der Waals surface area contributed by atoms with Crippen LogP contribution in [0.2, 0.25) is 0 Å². The molecule has 12 heteroatoms. The SMILES string of the molecule is C=C1CC[C@H]2[C@@](C)(CO[C@@H]3O[C@H](CO)[C@@H](O)[C@H](O)[C@H]3O)CCC[C@]2(C)[C@H]1CC/C(C)=C/CO[C@@H]1O[C@H](CO)[C@@H](O)[C@H](O)[C@H]1O. The van der Waals surface area contributed by atoms with Gasteiger partial charge in [0.25, 0.3) is 0 Å². The second-order valence-corrected chi connectivity index (χ2v) is 13.9. The van der Waals surface area contributed by atoms with Crippen LogP contribution in [0.1, 0.15) is 65.7 Å². The van der Waals surface area contributed by atoms with Gasteiger partial charge in [0, 0.05) is 0 Å². The van der Waals surface area contributed by atoms with Gasteiger partial charge in [0.05, 0.1) is 26.4 Å². The highest BCUT2D eigenvalue weighted by atomic mass is 16.7. The second-order valence-electron chi connectivity index (χ2n) is 13.9. The molecule has 12 nitrogen and oxygen atoms in total. The summed E-state index contributed by atoms with van der Waals surface area (Å²) in [5.41, 5.74) is 2.11. The number of ether oxygens (including phenoxy) is 4. The van der Waals surface area contributed by atoms with Gasteiger partial charge in [0.15, 0.2) is 12.6 Å². The summed E-state index contributed by atoms with van der Waals surface area (Å²) in [6, 6.07) is 0. The van der Waals surface area contributed by atoms with Gasteiger partial charge in [-0.1, -0.05) is 44.1 Å². The number of aliphatic hydroxyl groups excluding tert-OH is 8. The lowest BCUT2D eigenvalue weighted by atomic mass is 9.47. The minimum atomic E-state index is -1.48. The number of fused-ring (bicyclic) bond motifs is 1. The van der Waals surface area contributed by atoms with Crippen molar-refractivity contribution in [2.45, 2.75) is 127 Å². The Morgan fingerprint density at radius 3 is 2.00 bits per heavy atom. The Kier molecular flexibility index (Phi) is 12.1. The summed E-state index contributed by atoms with van der Waals surface area (Å²) in [6.45, 7) is 10.5. The molecule has 0 amide bonds. The van der Waals surface area contributed by atoms with Crippen LogP contribution in [0.25, 0.3) is 0 Å². The van der Waals surface area contributed by atoms with Crippen molar-refractivity contribution < 1.29 is 59.8 Å². The summed E-state index contributed by atoms with van der Waals surface area (Å²) in [4.78, 5) is 0. The Morgan fingerprint density at radius 1 is 0.864 bits per heavy atom. The molecule has 0 unspecified atom stereocenters. The maximum absolute atomic E-state index is 10.5. The van der Waals surface area contributed by atoms with Gasteiger partial charge >= 0.3 is 0 Å². The summed E-state index contributed by atoms with van der Waals surface area (Å²) in [7, 11) is 0. The van der Waals surface area contributed by atoms with E-state index in [4.69, 9.17) is 18.9 Å². The predicted molar refractivity (Wildman–Crippen MR) is 158 cm³/mol. The van der Waals surface area contributed by atoms with Crippen molar-refractivity contribution in [3.8, 4) is 0 Å². The Balaban J connectivity index is 1.36. The van der Waals surface area contributed by atoms with Crippen LogP contribution in [-0.4, -0.2) is 129 Å². The molecule has 8 N–H and O–H groups in total. The molecule has 4 aliphatic rings. The predicted octanol–water partition coefficient (Wildman–Crippen LogP) is 0.125. The molecule has 2 aliphatic carbocycles. The zero-order valence-corrected chi connectivity index (χ0v) is 26.2. The molecule has 0 spiro atoms. The molecule has 4 fully saturated rings. The molecule has 0 aromatic rings. The third-order valence-corrected chi connectivity index (χ3v) is 10.9. The number of aliphatic hydroxyl groups is 8. The number of rotatable bonds is 11. The van der Waals surface area contributed by atoms with Crippen LogP contribution in [0.4, 0.5) is 0 Å². The second kappa shape index (κ2) is 14.8. The topological polar surface area (TPSA) is 199 Å². The van der Waals surface area contributed by atoms with E-state index in [0.29, 0.717) is 12.5 Å². The van der Waals surface area contributed by atoms with E-state index in [1.807, 2.05) is 13.0 Å². The van der Waals surface area contributed by atoms with Crippen molar-refractivity contribution in [2.24, 2.45) is 22.7 Å². The lowest BCUT2D eigenvalue weighted by molar-refractivity contribution is -0.309. The van der Waals surface area contributed by atoms with Crippen LogP contribution < -0.4 is 0 Å². The third-order valence-electron chi connectivity index (χ3n) is 10.9. The van der Waals surface area contributed by atoms with Crippen molar-refractivity contribution in [3.05, 3.63) is 23.8 Å². The van der Waals surface area contributed by atoms with Gasteiger partial charge in [-0.05, 0) is 68.1 Å². The average molecular weight is 631 g/mol. The molecular weight excluding hydrogens is 576 g/mol. The Morgan fingerprint density at radius 2 is 1.43 bits per heavy atom. The highest BCUT2D eigenvalue weighted by molar-refractivity contribution is 5.17. The highest BCUT2D eigenvalue weighted by Crippen LogP contribution is 2.62. The van der Waals surface area contributed by atoms with Crippen molar-refractivity contribution in [3.63, 3.8) is 0 Å². The Labute approximate surface area is 259 Å². The first-order valence-electron chi connectivity index (χ1n) is 15.9. The highest BCUT2D eigenvalue weighted by Gasteiger charge is 2.55. The van der Waals surface area contributed by atoms with E-state index < -0.39 is 74.6 Å². The fourth-order valence-electron chi connectivity index (χ4n) is 8.23. The largest absolute Gasteiger partial charge is 0.394 e. The molecule has 2 saturated heterocycles. The standard InChI is InChI=1S/C32H54O12/c1-17(10-13-41-29-27(39)25(37)23(35)20(14-33)43-29)6-8-19-18(2)7-9-22-31(3,11-5-12-32(19,22)4)16-42-30-28(40)26(38)24(36)21(15-34)44-30/h10,19-30,33-40H,2,5-9,11-16H2,1,3-4H3/b17-10+/t19-,20+,21+,22-,23+,24+,25-,26-,27+,28+,29+,30+,31+,32+/m0/s1.